The van der Waals surface area contributed by atoms with Gasteiger partial charge in [-0.1, -0.05) is 0 Å². The van der Waals surface area contributed by atoms with Gasteiger partial charge in [-0.05, 0) is 23.0 Å². The molecule has 6 heteroatoms. The SMILES string of the molecule is CNCC(=O)Nn1cc(Br)cn1. The maximum Gasteiger partial charge on any atom is 0.253 e. The average molecular weight is 233 g/mol. The van der Waals surface area contributed by atoms with E-state index in [0.29, 0.717) is 0 Å². The van der Waals surface area contributed by atoms with Gasteiger partial charge in [-0.15, -0.1) is 0 Å². The van der Waals surface area contributed by atoms with E-state index in [1.807, 2.05) is 0 Å². The van der Waals surface area contributed by atoms with Gasteiger partial charge in [0.05, 0.1) is 23.4 Å². The van der Waals surface area contributed by atoms with Crippen LogP contribution in [0.4, 0.5) is 0 Å². The first kappa shape index (κ1) is 9.21. The molecule has 0 unspecified atom stereocenters. The summed E-state index contributed by atoms with van der Waals surface area (Å²) in [6.45, 7) is 0.275. The zero-order chi connectivity index (χ0) is 8.97. The van der Waals surface area contributed by atoms with Crippen LogP contribution in [0.15, 0.2) is 16.9 Å². The van der Waals surface area contributed by atoms with Crippen LogP contribution in [0.1, 0.15) is 0 Å². The van der Waals surface area contributed by atoms with E-state index < -0.39 is 0 Å². The molecule has 1 heterocycles. The van der Waals surface area contributed by atoms with E-state index >= 15 is 0 Å². The van der Waals surface area contributed by atoms with Gasteiger partial charge in [-0.3, -0.25) is 4.79 Å². The zero-order valence-electron chi connectivity index (χ0n) is 6.54. The lowest BCUT2D eigenvalue weighted by atomic mass is 10.6. The summed E-state index contributed by atoms with van der Waals surface area (Å²) in [7, 11) is 1.71. The third-order valence-electron chi connectivity index (χ3n) is 1.13. The van der Waals surface area contributed by atoms with E-state index in [9.17, 15) is 4.79 Å². The summed E-state index contributed by atoms with van der Waals surface area (Å²) in [6, 6.07) is 0. The van der Waals surface area contributed by atoms with Crippen LogP contribution in [-0.4, -0.2) is 29.4 Å². The fourth-order valence-electron chi connectivity index (χ4n) is 0.690. The molecule has 66 valence electrons. The van der Waals surface area contributed by atoms with Crippen LogP contribution in [0.2, 0.25) is 0 Å². The van der Waals surface area contributed by atoms with E-state index in [2.05, 4.69) is 31.8 Å². The molecule has 0 saturated heterocycles. The quantitative estimate of drug-likeness (QED) is 0.768. The van der Waals surface area contributed by atoms with Crippen molar-refractivity contribution in [3.8, 4) is 0 Å². The fourth-order valence-corrected chi connectivity index (χ4v) is 0.975. The van der Waals surface area contributed by atoms with Crippen molar-refractivity contribution in [3.63, 3.8) is 0 Å². The molecular formula is C6H9BrN4O. The van der Waals surface area contributed by atoms with Crippen LogP contribution >= 0.6 is 15.9 Å². The van der Waals surface area contributed by atoms with E-state index in [4.69, 9.17) is 0 Å². The number of nitrogens with zero attached hydrogens (tertiary/aromatic N) is 2. The first-order valence-electron chi connectivity index (χ1n) is 3.37. The predicted molar refractivity (Wildman–Crippen MR) is 48.2 cm³/mol. The Hall–Kier alpha value is -0.880. The Bertz CT molecular complexity index is 272. The second-order valence-corrected chi connectivity index (χ2v) is 3.08. The van der Waals surface area contributed by atoms with E-state index in [1.54, 1.807) is 19.4 Å². The fraction of sp³-hybridized carbons (Fsp3) is 0.333. The minimum Gasteiger partial charge on any atom is -0.311 e. The molecule has 12 heavy (non-hydrogen) atoms. The smallest absolute Gasteiger partial charge is 0.253 e. The highest BCUT2D eigenvalue weighted by Crippen LogP contribution is 2.04. The normalized spacial score (nSPS) is 9.83. The Balaban J connectivity index is 2.46. The molecule has 1 rings (SSSR count). The molecular weight excluding hydrogens is 224 g/mol. The summed E-state index contributed by atoms with van der Waals surface area (Å²) in [5.41, 5.74) is 2.54. The molecule has 0 fully saturated rings. The third kappa shape index (κ3) is 2.63. The number of rotatable bonds is 3. The van der Waals surface area contributed by atoms with Gasteiger partial charge in [0, 0.05) is 0 Å². The van der Waals surface area contributed by atoms with Crippen LogP contribution < -0.4 is 10.7 Å². The largest absolute Gasteiger partial charge is 0.311 e. The Kier molecular flexibility index (Phi) is 3.24. The lowest BCUT2D eigenvalue weighted by Gasteiger charge is -2.02. The first-order valence-corrected chi connectivity index (χ1v) is 4.16. The van der Waals surface area contributed by atoms with Crippen molar-refractivity contribution in [2.45, 2.75) is 0 Å². The van der Waals surface area contributed by atoms with E-state index in [0.717, 1.165) is 4.47 Å². The van der Waals surface area contributed by atoms with Gasteiger partial charge in [0.1, 0.15) is 0 Å². The second-order valence-electron chi connectivity index (χ2n) is 2.17. The number of carbonyl (C=O) groups excluding carboxylic acids is 1. The molecule has 0 saturated carbocycles. The number of hydrogen-bond acceptors (Lipinski definition) is 3. The summed E-state index contributed by atoms with van der Waals surface area (Å²) >= 11 is 3.21. The lowest BCUT2D eigenvalue weighted by Crippen LogP contribution is -2.31. The molecule has 1 aromatic heterocycles. The zero-order valence-corrected chi connectivity index (χ0v) is 8.13. The number of carbonyl (C=O) groups is 1. The molecule has 0 aliphatic rings. The minimum atomic E-state index is -0.131. The maximum absolute atomic E-state index is 11.0. The summed E-state index contributed by atoms with van der Waals surface area (Å²) in [5, 5.41) is 6.58. The molecule has 0 aliphatic heterocycles. The van der Waals surface area contributed by atoms with Gasteiger partial charge in [0.15, 0.2) is 0 Å². The highest BCUT2D eigenvalue weighted by molar-refractivity contribution is 9.10. The molecule has 0 spiro atoms. The van der Waals surface area contributed by atoms with Gasteiger partial charge in [0.2, 0.25) is 0 Å². The standard InChI is InChI=1S/C6H9BrN4O/c1-8-3-6(12)10-11-4-5(7)2-9-11/h2,4,8H,3H2,1H3,(H,10,12). The monoisotopic (exact) mass is 232 g/mol. The number of likely N-dealkylation sites (N-methyl/N-ethyl adjacent to an activating group) is 1. The maximum atomic E-state index is 11.0. The van der Waals surface area contributed by atoms with E-state index in [1.165, 1.54) is 4.79 Å². The van der Waals surface area contributed by atoms with Gasteiger partial charge >= 0.3 is 0 Å². The average Bonchev–Trinajstić information content (AvgIpc) is 2.36. The highest BCUT2D eigenvalue weighted by atomic mass is 79.9. The van der Waals surface area contributed by atoms with Crippen molar-refractivity contribution in [1.82, 2.24) is 15.2 Å². The first-order chi connectivity index (χ1) is 5.72. The van der Waals surface area contributed by atoms with Crippen LogP contribution in [0.25, 0.3) is 0 Å². The number of halogens is 1. The summed E-state index contributed by atoms with van der Waals surface area (Å²) in [6.07, 6.45) is 3.26. The second kappa shape index (κ2) is 4.22. The van der Waals surface area contributed by atoms with Gasteiger partial charge in [-0.25, -0.2) is 5.43 Å². The van der Waals surface area contributed by atoms with Crippen molar-refractivity contribution in [3.05, 3.63) is 16.9 Å². The molecule has 0 atom stereocenters. The Morgan fingerprint density at radius 2 is 2.58 bits per heavy atom. The molecule has 0 aromatic carbocycles. The van der Waals surface area contributed by atoms with Crippen LogP contribution in [0.3, 0.4) is 0 Å². The summed E-state index contributed by atoms with van der Waals surface area (Å²) in [4.78, 5) is 12.3. The van der Waals surface area contributed by atoms with Crippen LogP contribution in [0, 0.1) is 0 Å². The molecule has 0 aliphatic carbocycles. The topological polar surface area (TPSA) is 59.0 Å². The number of amides is 1. The molecule has 0 bridgehead atoms. The molecule has 1 aromatic rings. The van der Waals surface area contributed by atoms with Gasteiger partial charge in [-0.2, -0.15) is 9.89 Å². The van der Waals surface area contributed by atoms with Crippen molar-refractivity contribution < 1.29 is 4.79 Å². The Morgan fingerprint density at radius 1 is 1.83 bits per heavy atom. The minimum absolute atomic E-state index is 0.131. The predicted octanol–water partition coefficient (Wildman–Crippen LogP) is -0.0649. The third-order valence-corrected chi connectivity index (χ3v) is 1.54. The number of hydrogen-bond donors (Lipinski definition) is 2. The van der Waals surface area contributed by atoms with Gasteiger partial charge in [0.25, 0.3) is 5.91 Å². The van der Waals surface area contributed by atoms with Gasteiger partial charge < -0.3 is 5.32 Å². The van der Waals surface area contributed by atoms with E-state index in [-0.39, 0.29) is 12.5 Å². The number of aromatic nitrogens is 2. The molecule has 1 amide bonds. The highest BCUT2D eigenvalue weighted by Gasteiger charge is 1.99. The number of nitrogens with one attached hydrogen (secondary N) is 2. The van der Waals surface area contributed by atoms with Crippen molar-refractivity contribution in [2.75, 3.05) is 19.0 Å². The Morgan fingerprint density at radius 3 is 3.08 bits per heavy atom. The van der Waals surface area contributed by atoms with Crippen molar-refractivity contribution >= 4 is 21.8 Å². The molecule has 2 N–H and O–H groups in total. The van der Waals surface area contributed by atoms with Crippen molar-refractivity contribution in [1.29, 1.82) is 0 Å². The summed E-state index contributed by atoms with van der Waals surface area (Å²) < 4.78 is 0.826. The van der Waals surface area contributed by atoms with Crippen LogP contribution in [0.5, 0.6) is 0 Å². The Labute approximate surface area is 78.2 Å². The molecule has 5 nitrogen and oxygen atoms in total. The lowest BCUT2D eigenvalue weighted by molar-refractivity contribution is -0.116. The summed E-state index contributed by atoms with van der Waals surface area (Å²) in [5.74, 6) is -0.131. The molecule has 0 radical (unpaired) electrons. The van der Waals surface area contributed by atoms with Crippen molar-refractivity contribution in [2.24, 2.45) is 0 Å². The van der Waals surface area contributed by atoms with Crippen LogP contribution in [-0.2, 0) is 4.79 Å².